The Morgan fingerprint density at radius 3 is 1.87 bits per heavy atom. The largest absolute Gasteiger partial charge is 0.337 e. The molecule has 0 spiro atoms. The number of Topliss-reactive ketones (excluding diaryl/α,β-unsaturated/α-hetero) is 1. The minimum atomic E-state index is -0.0431. The van der Waals surface area contributed by atoms with Crippen molar-refractivity contribution in [3.63, 3.8) is 0 Å². The van der Waals surface area contributed by atoms with E-state index in [1.165, 1.54) is 0 Å². The van der Waals surface area contributed by atoms with Crippen molar-refractivity contribution in [2.75, 3.05) is 0 Å². The van der Waals surface area contributed by atoms with Gasteiger partial charge in [0.1, 0.15) is 5.78 Å². The topological polar surface area (TPSA) is 37.4 Å². The maximum atomic E-state index is 11.8. The number of hydrogen-bond acceptors (Lipinski definition) is 2. The SMILES string of the molecule is CCCC(=O)CC(=O)N(C(C)C)C(C)C. The minimum absolute atomic E-state index is 0.0431. The van der Waals surface area contributed by atoms with Crippen LogP contribution in [-0.2, 0) is 9.59 Å². The molecule has 0 rings (SSSR count). The lowest BCUT2D eigenvalue weighted by atomic mass is 10.1. The summed E-state index contributed by atoms with van der Waals surface area (Å²) in [5.74, 6) is 0.00671. The molecule has 0 atom stereocenters. The van der Waals surface area contributed by atoms with Crippen LogP contribution in [0.2, 0.25) is 0 Å². The molecule has 0 aliphatic carbocycles. The first kappa shape index (κ1) is 14.1. The van der Waals surface area contributed by atoms with Gasteiger partial charge in [0.25, 0.3) is 0 Å². The van der Waals surface area contributed by atoms with E-state index in [4.69, 9.17) is 0 Å². The van der Waals surface area contributed by atoms with Crippen LogP contribution in [0.1, 0.15) is 53.9 Å². The second kappa shape index (κ2) is 6.59. The van der Waals surface area contributed by atoms with Gasteiger partial charge in [-0.05, 0) is 34.1 Å². The predicted molar refractivity (Wildman–Crippen MR) is 61.7 cm³/mol. The molecule has 1 amide bonds. The average Bonchev–Trinajstić information content (AvgIpc) is 2.01. The van der Waals surface area contributed by atoms with Gasteiger partial charge in [0.15, 0.2) is 0 Å². The van der Waals surface area contributed by atoms with Crippen LogP contribution in [-0.4, -0.2) is 28.7 Å². The van der Waals surface area contributed by atoms with E-state index >= 15 is 0 Å². The van der Waals surface area contributed by atoms with Gasteiger partial charge in [0.2, 0.25) is 5.91 Å². The Hall–Kier alpha value is -0.860. The van der Waals surface area contributed by atoms with Crippen LogP contribution in [0.25, 0.3) is 0 Å². The highest BCUT2D eigenvalue weighted by molar-refractivity contribution is 5.98. The highest BCUT2D eigenvalue weighted by Crippen LogP contribution is 2.08. The summed E-state index contributed by atoms with van der Waals surface area (Å²) in [6, 6.07) is 0.318. The van der Waals surface area contributed by atoms with Crippen molar-refractivity contribution in [3.05, 3.63) is 0 Å². The lowest BCUT2D eigenvalue weighted by Gasteiger charge is -2.30. The van der Waals surface area contributed by atoms with Crippen molar-refractivity contribution in [3.8, 4) is 0 Å². The van der Waals surface area contributed by atoms with E-state index in [0.717, 1.165) is 6.42 Å². The number of rotatable bonds is 6. The fourth-order valence-corrected chi connectivity index (χ4v) is 1.80. The van der Waals surface area contributed by atoms with Crippen molar-refractivity contribution >= 4 is 11.7 Å². The lowest BCUT2D eigenvalue weighted by Crippen LogP contribution is -2.42. The molecule has 0 unspecified atom stereocenters. The predicted octanol–water partition coefficient (Wildman–Crippen LogP) is 2.39. The summed E-state index contributed by atoms with van der Waals surface area (Å²) < 4.78 is 0. The smallest absolute Gasteiger partial charge is 0.230 e. The first-order valence-electron chi connectivity index (χ1n) is 5.73. The van der Waals surface area contributed by atoms with Gasteiger partial charge in [0.05, 0.1) is 6.42 Å². The number of carbonyl (C=O) groups excluding carboxylic acids is 2. The monoisotopic (exact) mass is 213 g/mol. The first-order chi connectivity index (χ1) is 6.90. The van der Waals surface area contributed by atoms with E-state index in [0.29, 0.717) is 6.42 Å². The normalized spacial score (nSPS) is 10.9. The molecule has 88 valence electrons. The molecular weight excluding hydrogens is 190 g/mol. The van der Waals surface area contributed by atoms with Gasteiger partial charge >= 0.3 is 0 Å². The van der Waals surface area contributed by atoms with E-state index in [9.17, 15) is 9.59 Å². The minimum Gasteiger partial charge on any atom is -0.337 e. The molecule has 0 fully saturated rings. The summed E-state index contributed by atoms with van der Waals surface area (Å²) in [7, 11) is 0. The van der Waals surface area contributed by atoms with Crippen LogP contribution < -0.4 is 0 Å². The Bertz CT molecular complexity index is 214. The van der Waals surface area contributed by atoms with Crippen molar-refractivity contribution in [1.29, 1.82) is 0 Å². The van der Waals surface area contributed by atoms with E-state index in [1.54, 1.807) is 4.90 Å². The lowest BCUT2D eigenvalue weighted by molar-refractivity contribution is -0.138. The molecule has 0 aromatic heterocycles. The van der Waals surface area contributed by atoms with Gasteiger partial charge in [-0.1, -0.05) is 6.92 Å². The van der Waals surface area contributed by atoms with Gasteiger partial charge in [-0.2, -0.15) is 0 Å². The zero-order chi connectivity index (χ0) is 12.0. The molecule has 15 heavy (non-hydrogen) atoms. The number of amides is 1. The summed E-state index contributed by atoms with van der Waals surface area (Å²) in [4.78, 5) is 24.9. The highest BCUT2D eigenvalue weighted by atomic mass is 16.2. The molecular formula is C12H23NO2. The summed E-state index contributed by atoms with van der Waals surface area (Å²) >= 11 is 0. The maximum Gasteiger partial charge on any atom is 0.230 e. The Morgan fingerprint density at radius 2 is 1.53 bits per heavy atom. The molecule has 0 saturated carbocycles. The van der Waals surface area contributed by atoms with Gasteiger partial charge in [-0.3, -0.25) is 9.59 Å². The van der Waals surface area contributed by atoms with Gasteiger partial charge in [-0.15, -0.1) is 0 Å². The molecule has 0 N–H and O–H groups in total. The first-order valence-corrected chi connectivity index (χ1v) is 5.73. The third-order valence-electron chi connectivity index (χ3n) is 2.28. The Balaban J connectivity index is 4.33. The van der Waals surface area contributed by atoms with Crippen LogP contribution >= 0.6 is 0 Å². The molecule has 0 aromatic carbocycles. The molecule has 0 aromatic rings. The highest BCUT2D eigenvalue weighted by Gasteiger charge is 2.21. The van der Waals surface area contributed by atoms with Crippen LogP contribution in [0.5, 0.6) is 0 Å². The Labute approximate surface area is 92.8 Å². The summed E-state index contributed by atoms with van der Waals surface area (Å²) in [6.07, 6.45) is 1.38. The quantitative estimate of drug-likeness (QED) is 0.635. The standard InChI is InChI=1S/C12H23NO2/c1-6-7-11(14)8-12(15)13(9(2)3)10(4)5/h9-10H,6-8H2,1-5H3. The molecule has 0 heterocycles. The number of hydrogen-bond donors (Lipinski definition) is 0. The molecule has 0 aliphatic heterocycles. The van der Waals surface area contributed by atoms with Crippen molar-refractivity contribution in [2.45, 2.75) is 66.0 Å². The zero-order valence-electron chi connectivity index (χ0n) is 10.5. The van der Waals surface area contributed by atoms with Crippen LogP contribution in [0.15, 0.2) is 0 Å². The Morgan fingerprint density at radius 1 is 1.07 bits per heavy atom. The second-order valence-electron chi connectivity index (χ2n) is 4.45. The van der Waals surface area contributed by atoms with Gasteiger partial charge in [0, 0.05) is 18.5 Å². The van der Waals surface area contributed by atoms with Crippen LogP contribution in [0.3, 0.4) is 0 Å². The molecule has 0 radical (unpaired) electrons. The zero-order valence-corrected chi connectivity index (χ0v) is 10.5. The molecule has 3 heteroatoms. The third-order valence-corrected chi connectivity index (χ3v) is 2.28. The second-order valence-corrected chi connectivity index (χ2v) is 4.45. The van der Waals surface area contributed by atoms with Crippen molar-refractivity contribution in [2.24, 2.45) is 0 Å². The molecule has 0 bridgehead atoms. The maximum absolute atomic E-state index is 11.8. The average molecular weight is 213 g/mol. The summed E-state index contributed by atoms with van der Waals surface area (Å²) in [6.45, 7) is 9.85. The number of ketones is 1. The summed E-state index contributed by atoms with van der Waals surface area (Å²) in [5.41, 5.74) is 0. The van der Waals surface area contributed by atoms with E-state index in [2.05, 4.69) is 0 Å². The number of nitrogens with zero attached hydrogens (tertiary/aromatic N) is 1. The number of carbonyl (C=O) groups is 2. The van der Waals surface area contributed by atoms with Gasteiger partial charge < -0.3 is 4.90 Å². The molecule has 0 saturated heterocycles. The van der Waals surface area contributed by atoms with E-state index < -0.39 is 0 Å². The fraction of sp³-hybridized carbons (Fsp3) is 0.833. The third kappa shape index (κ3) is 4.96. The fourth-order valence-electron chi connectivity index (χ4n) is 1.80. The molecule has 0 aliphatic rings. The van der Waals surface area contributed by atoms with Crippen molar-refractivity contribution in [1.82, 2.24) is 4.90 Å². The van der Waals surface area contributed by atoms with E-state index in [1.807, 2.05) is 34.6 Å². The molecule has 3 nitrogen and oxygen atoms in total. The van der Waals surface area contributed by atoms with Crippen molar-refractivity contribution < 1.29 is 9.59 Å². The van der Waals surface area contributed by atoms with Gasteiger partial charge in [-0.25, -0.2) is 0 Å². The van der Waals surface area contributed by atoms with Crippen LogP contribution in [0.4, 0.5) is 0 Å². The van der Waals surface area contributed by atoms with E-state index in [-0.39, 0.29) is 30.2 Å². The Kier molecular flexibility index (Phi) is 6.21. The van der Waals surface area contributed by atoms with Crippen LogP contribution in [0, 0.1) is 0 Å². The summed E-state index contributed by atoms with van der Waals surface area (Å²) in [5, 5.41) is 0.